The molecule has 1 fully saturated rings. The Morgan fingerprint density at radius 3 is 2.77 bits per heavy atom. The van der Waals surface area contributed by atoms with Crippen LogP contribution >= 0.6 is 23.5 Å². The van der Waals surface area contributed by atoms with Gasteiger partial charge in [-0.25, -0.2) is 4.79 Å². The van der Waals surface area contributed by atoms with Gasteiger partial charge < -0.3 is 5.11 Å². The minimum Gasteiger partial charge on any atom is -0.478 e. The van der Waals surface area contributed by atoms with Gasteiger partial charge in [-0.2, -0.15) is 23.5 Å². The van der Waals surface area contributed by atoms with Crippen molar-refractivity contribution >= 4 is 29.5 Å². The van der Waals surface area contributed by atoms with Crippen LogP contribution in [0.4, 0.5) is 0 Å². The minimum absolute atomic E-state index is 0.716. The number of rotatable bonds is 11. The molecule has 0 saturated carbocycles. The Labute approximate surface area is 143 Å². The Morgan fingerprint density at radius 2 is 2.00 bits per heavy atom. The van der Waals surface area contributed by atoms with Gasteiger partial charge >= 0.3 is 5.97 Å². The van der Waals surface area contributed by atoms with E-state index in [0.717, 1.165) is 24.0 Å². The zero-order valence-electron chi connectivity index (χ0n) is 13.4. The molecule has 0 aromatic carbocycles. The van der Waals surface area contributed by atoms with Crippen molar-refractivity contribution in [3.63, 3.8) is 0 Å². The molecule has 1 heterocycles. The SMILES string of the molecule is CCCC=CCSC[C@H]1CSC[C@H]1CC=CC/C=C\C(=O)O. The van der Waals surface area contributed by atoms with E-state index in [-0.39, 0.29) is 0 Å². The first-order valence-corrected chi connectivity index (χ1v) is 10.4. The first kappa shape index (κ1) is 19.4. The van der Waals surface area contributed by atoms with Crippen LogP contribution in [0.15, 0.2) is 36.5 Å². The topological polar surface area (TPSA) is 37.3 Å². The van der Waals surface area contributed by atoms with Crippen LogP contribution < -0.4 is 0 Å². The summed E-state index contributed by atoms with van der Waals surface area (Å²) in [5.41, 5.74) is 0. The molecule has 1 aliphatic heterocycles. The van der Waals surface area contributed by atoms with Gasteiger partial charge in [0.05, 0.1) is 0 Å². The standard InChI is InChI=1S/C18H28O2S2/c1-2-3-4-9-12-21-14-17-15-22-13-16(17)10-7-5-6-8-11-18(19)20/h4-5,7-9,11,16-17H,2-3,6,10,12-15H2,1H3,(H,19,20)/b7-5?,9-4?,11-8-/t16-,17+/m1/s1. The fourth-order valence-electron chi connectivity index (χ4n) is 2.34. The number of unbranched alkanes of at least 4 members (excludes halogenated alkanes) is 1. The lowest BCUT2D eigenvalue weighted by atomic mass is 9.94. The lowest BCUT2D eigenvalue weighted by molar-refractivity contribution is -0.131. The van der Waals surface area contributed by atoms with Crippen molar-refractivity contribution in [1.82, 2.24) is 0 Å². The second kappa shape index (κ2) is 12.9. The molecule has 4 heteroatoms. The van der Waals surface area contributed by atoms with E-state index >= 15 is 0 Å². The molecule has 0 unspecified atom stereocenters. The largest absolute Gasteiger partial charge is 0.478 e. The lowest BCUT2D eigenvalue weighted by Crippen LogP contribution is -2.14. The third-order valence-electron chi connectivity index (χ3n) is 3.64. The molecule has 1 N–H and O–H groups in total. The smallest absolute Gasteiger partial charge is 0.327 e. The van der Waals surface area contributed by atoms with E-state index in [0.29, 0.717) is 6.42 Å². The Hall–Kier alpha value is -0.610. The Morgan fingerprint density at radius 1 is 1.18 bits per heavy atom. The van der Waals surface area contributed by atoms with Crippen molar-refractivity contribution in [1.29, 1.82) is 0 Å². The maximum Gasteiger partial charge on any atom is 0.327 e. The summed E-state index contributed by atoms with van der Waals surface area (Å²) in [6.45, 7) is 2.21. The van der Waals surface area contributed by atoms with Crippen LogP contribution in [0.1, 0.15) is 32.6 Å². The number of aliphatic carboxylic acids is 1. The van der Waals surface area contributed by atoms with Crippen molar-refractivity contribution in [2.45, 2.75) is 32.6 Å². The van der Waals surface area contributed by atoms with Crippen LogP contribution in [0.25, 0.3) is 0 Å². The van der Waals surface area contributed by atoms with Crippen LogP contribution in [0.2, 0.25) is 0 Å². The van der Waals surface area contributed by atoms with Crippen molar-refractivity contribution in [2.75, 3.05) is 23.0 Å². The average Bonchev–Trinajstić information content (AvgIpc) is 2.93. The molecule has 2 atom stereocenters. The molecule has 1 saturated heterocycles. The molecule has 1 aliphatic rings. The number of hydrogen-bond acceptors (Lipinski definition) is 3. The summed E-state index contributed by atoms with van der Waals surface area (Å²) in [5, 5.41) is 8.51. The number of carboxylic acids is 1. The molecule has 0 aromatic heterocycles. The molecule has 2 nitrogen and oxygen atoms in total. The van der Waals surface area contributed by atoms with E-state index in [1.54, 1.807) is 6.08 Å². The van der Waals surface area contributed by atoms with Crippen molar-refractivity contribution in [2.24, 2.45) is 11.8 Å². The third-order valence-corrected chi connectivity index (χ3v) is 6.06. The highest BCUT2D eigenvalue weighted by Crippen LogP contribution is 2.34. The molecule has 0 radical (unpaired) electrons. The summed E-state index contributed by atoms with van der Waals surface area (Å²) in [7, 11) is 0. The molecule has 0 bridgehead atoms. The van der Waals surface area contributed by atoms with Crippen molar-refractivity contribution < 1.29 is 9.90 Å². The van der Waals surface area contributed by atoms with Gasteiger partial charge in [-0.15, -0.1) is 0 Å². The highest BCUT2D eigenvalue weighted by molar-refractivity contribution is 8.00. The quantitative estimate of drug-likeness (QED) is 0.325. The average molecular weight is 341 g/mol. The maximum atomic E-state index is 10.3. The van der Waals surface area contributed by atoms with E-state index in [9.17, 15) is 4.79 Å². The Kier molecular flexibility index (Phi) is 11.4. The summed E-state index contributed by atoms with van der Waals surface area (Å²) < 4.78 is 0. The molecule has 0 spiro atoms. The van der Waals surface area contributed by atoms with Gasteiger partial charge in [0.25, 0.3) is 0 Å². The zero-order valence-corrected chi connectivity index (χ0v) is 15.1. The van der Waals surface area contributed by atoms with E-state index in [1.807, 2.05) is 0 Å². The second-order valence-electron chi connectivity index (χ2n) is 5.54. The number of hydrogen-bond donors (Lipinski definition) is 1. The molecule has 22 heavy (non-hydrogen) atoms. The van der Waals surface area contributed by atoms with E-state index in [4.69, 9.17) is 5.11 Å². The Bertz CT molecular complexity index is 389. The van der Waals surface area contributed by atoms with E-state index < -0.39 is 5.97 Å². The summed E-state index contributed by atoms with van der Waals surface area (Å²) in [5.74, 6) is 5.72. The van der Waals surface area contributed by atoms with Crippen molar-refractivity contribution in [3.05, 3.63) is 36.5 Å². The Balaban J connectivity index is 2.17. The molecule has 0 amide bonds. The summed E-state index contributed by atoms with van der Waals surface area (Å²) >= 11 is 4.13. The van der Waals surface area contributed by atoms with Crippen molar-refractivity contribution in [3.8, 4) is 0 Å². The van der Waals surface area contributed by atoms with Gasteiger partial charge in [-0.1, -0.05) is 43.7 Å². The van der Waals surface area contributed by atoms with Gasteiger partial charge in [0.2, 0.25) is 0 Å². The zero-order chi connectivity index (χ0) is 16.0. The molecule has 0 aliphatic carbocycles. The van der Waals surface area contributed by atoms with Crippen LogP contribution in [0, 0.1) is 11.8 Å². The molecular formula is C18H28O2S2. The van der Waals surface area contributed by atoms with Gasteiger partial charge in [-0.05, 0) is 48.4 Å². The van der Waals surface area contributed by atoms with Crippen LogP contribution in [0.5, 0.6) is 0 Å². The molecular weight excluding hydrogens is 312 g/mol. The maximum absolute atomic E-state index is 10.3. The van der Waals surface area contributed by atoms with Crippen LogP contribution in [0.3, 0.4) is 0 Å². The molecule has 124 valence electrons. The molecule has 0 aromatic rings. The highest BCUT2D eigenvalue weighted by atomic mass is 32.2. The van der Waals surface area contributed by atoms with Gasteiger partial charge in [-0.3, -0.25) is 0 Å². The fraction of sp³-hybridized carbons (Fsp3) is 0.611. The predicted octanol–water partition coefficient (Wildman–Crippen LogP) is 5.03. The summed E-state index contributed by atoms with van der Waals surface area (Å²) in [6, 6.07) is 0. The lowest BCUT2D eigenvalue weighted by Gasteiger charge is -2.16. The van der Waals surface area contributed by atoms with E-state index in [1.165, 1.54) is 36.2 Å². The molecule has 1 rings (SSSR count). The van der Waals surface area contributed by atoms with Gasteiger partial charge in [0.15, 0.2) is 0 Å². The number of thioether (sulfide) groups is 2. The number of carboxylic acid groups (broad SMARTS) is 1. The highest BCUT2D eigenvalue weighted by Gasteiger charge is 2.26. The van der Waals surface area contributed by atoms with E-state index in [2.05, 4.69) is 54.8 Å². The summed E-state index contributed by atoms with van der Waals surface area (Å²) in [4.78, 5) is 10.3. The van der Waals surface area contributed by atoms with Gasteiger partial charge in [0, 0.05) is 11.8 Å². The normalized spacial score (nSPS) is 22.4. The number of allylic oxidation sites excluding steroid dienone is 4. The predicted molar refractivity (Wildman–Crippen MR) is 101 cm³/mol. The van der Waals surface area contributed by atoms with Crippen LogP contribution in [-0.4, -0.2) is 34.1 Å². The first-order valence-electron chi connectivity index (χ1n) is 8.09. The summed E-state index contributed by atoms with van der Waals surface area (Å²) in [6.07, 6.45) is 16.1. The number of carbonyl (C=O) groups is 1. The monoisotopic (exact) mass is 340 g/mol. The third kappa shape index (κ3) is 9.42. The first-order chi connectivity index (χ1) is 10.7. The van der Waals surface area contributed by atoms with Crippen LogP contribution in [-0.2, 0) is 4.79 Å². The minimum atomic E-state index is -0.870. The fourth-order valence-corrected chi connectivity index (χ4v) is 5.13. The van der Waals surface area contributed by atoms with Gasteiger partial charge in [0.1, 0.15) is 0 Å². The second-order valence-corrected chi connectivity index (χ2v) is 7.69.